The van der Waals surface area contributed by atoms with Crippen molar-refractivity contribution in [1.82, 2.24) is 4.98 Å². The zero-order chi connectivity index (χ0) is 11.0. The Balaban J connectivity index is 2.87. The number of hydrogen-bond donors (Lipinski definition) is 1. The van der Waals surface area contributed by atoms with Crippen LogP contribution in [0.25, 0.3) is 10.9 Å². The van der Waals surface area contributed by atoms with Crippen molar-refractivity contribution in [3.8, 4) is 0 Å². The van der Waals surface area contributed by atoms with E-state index in [2.05, 4.69) is 4.98 Å². The fourth-order valence-electron chi connectivity index (χ4n) is 1.53. The summed E-state index contributed by atoms with van der Waals surface area (Å²) in [6.45, 7) is 1.86. The number of hydrogen-bond acceptors (Lipinski definition) is 1. The first-order valence-electron chi connectivity index (χ1n) is 4.63. The third-order valence-corrected chi connectivity index (χ3v) is 2.65. The highest BCUT2D eigenvalue weighted by molar-refractivity contribution is 6.31. The van der Waals surface area contributed by atoms with Crippen molar-refractivity contribution in [2.45, 2.75) is 13.3 Å². The molecule has 78 valence electrons. The third kappa shape index (κ3) is 1.63. The van der Waals surface area contributed by atoms with Crippen molar-refractivity contribution >= 4 is 22.5 Å². The Morgan fingerprint density at radius 2 is 2.20 bits per heavy atom. The first-order chi connectivity index (χ1) is 7.13. The van der Waals surface area contributed by atoms with E-state index in [0.29, 0.717) is 17.4 Å². The molecule has 0 unspecified atom stereocenters. The van der Waals surface area contributed by atoms with Crippen molar-refractivity contribution < 1.29 is 4.39 Å². The van der Waals surface area contributed by atoms with Gasteiger partial charge in [0, 0.05) is 5.39 Å². The maximum Gasteiger partial charge on any atom is 0.267 e. The topological polar surface area (TPSA) is 32.9 Å². The molecule has 0 bridgehead atoms. The van der Waals surface area contributed by atoms with Gasteiger partial charge < -0.3 is 4.98 Å². The van der Waals surface area contributed by atoms with E-state index < -0.39 is 5.56 Å². The molecule has 4 heteroatoms. The highest BCUT2D eigenvalue weighted by atomic mass is 35.5. The molecule has 0 aliphatic heterocycles. The van der Waals surface area contributed by atoms with E-state index in [9.17, 15) is 9.18 Å². The van der Waals surface area contributed by atoms with Crippen molar-refractivity contribution in [1.29, 1.82) is 0 Å². The number of aromatic amines is 1. The summed E-state index contributed by atoms with van der Waals surface area (Å²) in [5.74, 6) is -0.372. The van der Waals surface area contributed by atoms with Crippen LogP contribution in [0.3, 0.4) is 0 Å². The number of H-pyrrole nitrogens is 1. The summed E-state index contributed by atoms with van der Waals surface area (Å²) in [4.78, 5) is 13.7. The molecule has 2 aromatic rings. The molecule has 0 amide bonds. The lowest BCUT2D eigenvalue weighted by Gasteiger charge is -2.04. The summed E-state index contributed by atoms with van der Waals surface area (Å²) in [7, 11) is 0. The van der Waals surface area contributed by atoms with Crippen molar-refractivity contribution in [3.63, 3.8) is 0 Å². The lowest BCUT2D eigenvalue weighted by atomic mass is 10.1. The van der Waals surface area contributed by atoms with Crippen LogP contribution in [0, 0.1) is 5.82 Å². The van der Waals surface area contributed by atoms with Crippen LogP contribution in [0.2, 0.25) is 5.02 Å². The van der Waals surface area contributed by atoms with E-state index in [-0.39, 0.29) is 16.4 Å². The number of pyridine rings is 1. The molecular formula is C11H9ClFNO. The van der Waals surface area contributed by atoms with Crippen LogP contribution in [0.15, 0.2) is 23.0 Å². The molecule has 0 spiro atoms. The maximum absolute atomic E-state index is 13.8. The maximum atomic E-state index is 13.8. The number of rotatable bonds is 1. The molecule has 2 nitrogen and oxygen atoms in total. The molecular weight excluding hydrogens is 217 g/mol. The molecule has 0 fully saturated rings. The average molecular weight is 226 g/mol. The van der Waals surface area contributed by atoms with Gasteiger partial charge in [-0.1, -0.05) is 30.7 Å². The summed E-state index contributed by atoms with van der Waals surface area (Å²) in [5.41, 5.74) is 0.348. The smallest absolute Gasteiger partial charge is 0.267 e. The van der Waals surface area contributed by atoms with E-state index in [1.165, 1.54) is 6.07 Å². The Kier molecular flexibility index (Phi) is 2.49. The SMILES string of the molecule is CCc1ccc2cc(Cl)c(=O)[nH]c2c1F. The molecule has 0 saturated carbocycles. The molecule has 1 heterocycles. The Bertz CT molecular complexity index is 577. The highest BCUT2D eigenvalue weighted by Crippen LogP contribution is 2.20. The highest BCUT2D eigenvalue weighted by Gasteiger charge is 2.08. The van der Waals surface area contributed by atoms with Crippen LogP contribution in [-0.4, -0.2) is 4.98 Å². The van der Waals surface area contributed by atoms with Gasteiger partial charge in [0.05, 0.1) is 5.52 Å². The van der Waals surface area contributed by atoms with Gasteiger partial charge in [-0.2, -0.15) is 0 Å². The largest absolute Gasteiger partial charge is 0.318 e. The van der Waals surface area contributed by atoms with Crippen molar-refractivity contribution in [2.24, 2.45) is 0 Å². The molecule has 0 radical (unpaired) electrons. The fraction of sp³-hybridized carbons (Fsp3) is 0.182. The predicted molar refractivity (Wildman–Crippen MR) is 58.9 cm³/mol. The standard InChI is InChI=1S/C11H9ClFNO/c1-2-6-3-4-7-5-8(12)11(15)14-10(7)9(6)13/h3-5H,2H2,1H3,(H,14,15). The van der Waals surface area contributed by atoms with E-state index >= 15 is 0 Å². The summed E-state index contributed by atoms with van der Waals surface area (Å²) in [6.07, 6.45) is 0.590. The minimum atomic E-state index is -0.462. The summed E-state index contributed by atoms with van der Waals surface area (Å²) >= 11 is 5.65. The third-order valence-electron chi connectivity index (χ3n) is 2.37. The van der Waals surface area contributed by atoms with E-state index in [1.807, 2.05) is 6.92 Å². The lowest BCUT2D eigenvalue weighted by Crippen LogP contribution is -2.07. The van der Waals surface area contributed by atoms with Crippen LogP contribution >= 0.6 is 11.6 Å². The quantitative estimate of drug-likeness (QED) is 0.795. The van der Waals surface area contributed by atoms with Gasteiger partial charge in [-0.25, -0.2) is 4.39 Å². The van der Waals surface area contributed by atoms with Gasteiger partial charge in [0.2, 0.25) is 0 Å². The second kappa shape index (κ2) is 3.66. The molecule has 15 heavy (non-hydrogen) atoms. The van der Waals surface area contributed by atoms with Gasteiger partial charge in [0.25, 0.3) is 5.56 Å². The second-order valence-electron chi connectivity index (χ2n) is 3.30. The van der Waals surface area contributed by atoms with Crippen LogP contribution in [0.5, 0.6) is 0 Å². The Morgan fingerprint density at radius 1 is 1.47 bits per heavy atom. The van der Waals surface area contributed by atoms with Crippen LogP contribution < -0.4 is 5.56 Å². The van der Waals surface area contributed by atoms with Gasteiger partial charge in [0.15, 0.2) is 5.82 Å². The van der Waals surface area contributed by atoms with E-state index in [0.717, 1.165) is 0 Å². The Labute approximate surface area is 90.7 Å². The van der Waals surface area contributed by atoms with Gasteiger partial charge in [0.1, 0.15) is 5.02 Å². The van der Waals surface area contributed by atoms with Crippen LogP contribution in [0.1, 0.15) is 12.5 Å². The average Bonchev–Trinajstić information content (AvgIpc) is 2.22. The molecule has 0 atom stereocenters. The second-order valence-corrected chi connectivity index (χ2v) is 3.71. The molecule has 0 aliphatic rings. The number of aromatic nitrogens is 1. The number of benzene rings is 1. The Morgan fingerprint density at radius 3 is 2.87 bits per heavy atom. The van der Waals surface area contributed by atoms with Crippen molar-refractivity contribution in [3.05, 3.63) is 45.0 Å². The Hall–Kier alpha value is -1.35. The van der Waals surface area contributed by atoms with Crippen LogP contribution in [-0.2, 0) is 6.42 Å². The lowest BCUT2D eigenvalue weighted by molar-refractivity contribution is 0.621. The summed E-state index contributed by atoms with van der Waals surface area (Å²) < 4.78 is 13.8. The van der Waals surface area contributed by atoms with Crippen molar-refractivity contribution in [2.75, 3.05) is 0 Å². The number of aryl methyl sites for hydroxylation is 1. The molecule has 1 aromatic heterocycles. The molecule has 2 rings (SSSR count). The minimum Gasteiger partial charge on any atom is -0.318 e. The van der Waals surface area contributed by atoms with Gasteiger partial charge >= 0.3 is 0 Å². The van der Waals surface area contributed by atoms with E-state index in [1.54, 1.807) is 12.1 Å². The first kappa shape index (κ1) is 10.2. The summed E-state index contributed by atoms with van der Waals surface area (Å²) in [5, 5.41) is 0.681. The monoisotopic (exact) mass is 225 g/mol. The molecule has 0 aliphatic carbocycles. The minimum absolute atomic E-state index is 0.0751. The van der Waals surface area contributed by atoms with Gasteiger partial charge in [-0.3, -0.25) is 4.79 Å². The predicted octanol–water partition coefficient (Wildman–Crippen LogP) is 2.88. The fourth-order valence-corrected chi connectivity index (χ4v) is 1.69. The zero-order valence-corrected chi connectivity index (χ0v) is 8.86. The molecule has 0 saturated heterocycles. The molecule has 1 N–H and O–H groups in total. The number of nitrogens with one attached hydrogen (secondary N) is 1. The normalized spacial score (nSPS) is 10.9. The first-order valence-corrected chi connectivity index (χ1v) is 5.01. The van der Waals surface area contributed by atoms with Gasteiger partial charge in [-0.15, -0.1) is 0 Å². The molecule has 1 aromatic carbocycles. The van der Waals surface area contributed by atoms with E-state index in [4.69, 9.17) is 11.6 Å². The number of halogens is 2. The summed E-state index contributed by atoms with van der Waals surface area (Å²) in [6, 6.07) is 4.92. The van der Waals surface area contributed by atoms with Crippen LogP contribution in [0.4, 0.5) is 4.39 Å². The zero-order valence-electron chi connectivity index (χ0n) is 8.10. The number of fused-ring (bicyclic) bond motifs is 1. The van der Waals surface area contributed by atoms with Gasteiger partial charge in [-0.05, 0) is 18.1 Å².